The van der Waals surface area contributed by atoms with Gasteiger partial charge in [0.05, 0.1) is 0 Å². The number of rotatable bonds is 10. The number of halogens is 1. The number of allylic oxidation sites excluding steroid dienone is 1. The SMILES string of the molecule is C=CCCCCc1ccc(C#Cc2ccc(-c3ccc(CCCCC)cc3F)cc2)cc1. The predicted molar refractivity (Wildman–Crippen MR) is 135 cm³/mol. The second kappa shape index (κ2) is 12.7. The highest BCUT2D eigenvalue weighted by Gasteiger charge is 2.06. The Hall–Kier alpha value is -3.11. The molecule has 0 atom stereocenters. The Kier molecular flexibility index (Phi) is 9.33. The van der Waals surface area contributed by atoms with Gasteiger partial charge in [-0.2, -0.15) is 0 Å². The summed E-state index contributed by atoms with van der Waals surface area (Å²) in [5, 5.41) is 0. The zero-order valence-electron chi connectivity index (χ0n) is 19.2. The summed E-state index contributed by atoms with van der Waals surface area (Å²) in [5.41, 5.74) is 5.89. The second-order valence-corrected chi connectivity index (χ2v) is 8.33. The molecule has 0 fully saturated rings. The van der Waals surface area contributed by atoms with E-state index in [9.17, 15) is 4.39 Å². The van der Waals surface area contributed by atoms with Gasteiger partial charge in [0, 0.05) is 16.7 Å². The molecular weight excluding hydrogens is 391 g/mol. The number of benzene rings is 3. The average Bonchev–Trinajstić information content (AvgIpc) is 2.82. The van der Waals surface area contributed by atoms with Crippen molar-refractivity contribution in [1.29, 1.82) is 0 Å². The molecule has 0 unspecified atom stereocenters. The molecule has 0 N–H and O–H groups in total. The molecule has 1 heteroatoms. The van der Waals surface area contributed by atoms with E-state index < -0.39 is 0 Å². The number of hydrogen-bond acceptors (Lipinski definition) is 0. The highest BCUT2D eigenvalue weighted by molar-refractivity contribution is 5.65. The summed E-state index contributed by atoms with van der Waals surface area (Å²) in [6.07, 6.45) is 11.0. The molecule has 3 aromatic rings. The van der Waals surface area contributed by atoms with E-state index in [2.05, 4.69) is 49.6 Å². The van der Waals surface area contributed by atoms with Crippen molar-refractivity contribution < 1.29 is 4.39 Å². The molecule has 0 bridgehead atoms. The largest absolute Gasteiger partial charge is 0.206 e. The summed E-state index contributed by atoms with van der Waals surface area (Å²) in [7, 11) is 0. The molecule has 164 valence electrons. The van der Waals surface area contributed by atoms with Crippen LogP contribution in [0.5, 0.6) is 0 Å². The molecule has 0 aliphatic carbocycles. The molecule has 3 aromatic carbocycles. The van der Waals surface area contributed by atoms with Crippen LogP contribution in [0, 0.1) is 17.7 Å². The van der Waals surface area contributed by atoms with Crippen LogP contribution in [-0.2, 0) is 12.8 Å². The summed E-state index contributed by atoms with van der Waals surface area (Å²) in [6, 6.07) is 21.9. The van der Waals surface area contributed by atoms with Gasteiger partial charge in [-0.25, -0.2) is 4.39 Å². The van der Waals surface area contributed by atoms with Gasteiger partial charge in [-0.3, -0.25) is 0 Å². The first-order valence-corrected chi connectivity index (χ1v) is 11.8. The maximum Gasteiger partial charge on any atom is 0.131 e. The highest BCUT2D eigenvalue weighted by Crippen LogP contribution is 2.24. The lowest BCUT2D eigenvalue weighted by Gasteiger charge is -2.07. The van der Waals surface area contributed by atoms with Crippen LogP contribution in [0.2, 0.25) is 0 Å². The number of aryl methyl sites for hydroxylation is 2. The first kappa shape index (κ1) is 23.6. The maximum absolute atomic E-state index is 14.6. The minimum absolute atomic E-state index is 0.151. The molecule has 0 nitrogen and oxygen atoms in total. The van der Waals surface area contributed by atoms with Crippen LogP contribution < -0.4 is 0 Å². The second-order valence-electron chi connectivity index (χ2n) is 8.33. The van der Waals surface area contributed by atoms with Gasteiger partial charge in [0.25, 0.3) is 0 Å². The van der Waals surface area contributed by atoms with Crippen molar-refractivity contribution in [2.75, 3.05) is 0 Å². The molecule has 0 aromatic heterocycles. The lowest BCUT2D eigenvalue weighted by atomic mass is 9.99. The van der Waals surface area contributed by atoms with Crippen LogP contribution in [0.25, 0.3) is 11.1 Å². The highest BCUT2D eigenvalue weighted by atomic mass is 19.1. The van der Waals surface area contributed by atoms with Gasteiger partial charge in [-0.05, 0) is 85.5 Å². The summed E-state index contributed by atoms with van der Waals surface area (Å²) in [5.74, 6) is 6.30. The van der Waals surface area contributed by atoms with Crippen molar-refractivity contribution in [2.45, 2.75) is 58.3 Å². The van der Waals surface area contributed by atoms with Crippen LogP contribution >= 0.6 is 0 Å². The van der Waals surface area contributed by atoms with Crippen LogP contribution in [0.3, 0.4) is 0 Å². The zero-order chi connectivity index (χ0) is 22.6. The smallest absolute Gasteiger partial charge is 0.131 e. The van der Waals surface area contributed by atoms with E-state index in [0.717, 1.165) is 47.9 Å². The quantitative estimate of drug-likeness (QED) is 0.174. The lowest BCUT2D eigenvalue weighted by Crippen LogP contribution is -1.90. The van der Waals surface area contributed by atoms with E-state index in [4.69, 9.17) is 0 Å². The maximum atomic E-state index is 14.6. The molecule has 0 heterocycles. The van der Waals surface area contributed by atoms with Crippen molar-refractivity contribution in [3.63, 3.8) is 0 Å². The summed E-state index contributed by atoms with van der Waals surface area (Å²) in [4.78, 5) is 0. The van der Waals surface area contributed by atoms with Gasteiger partial charge in [-0.15, -0.1) is 6.58 Å². The first-order chi connectivity index (χ1) is 15.7. The Morgan fingerprint density at radius 3 is 1.97 bits per heavy atom. The molecule has 0 saturated carbocycles. The average molecular weight is 425 g/mol. The normalized spacial score (nSPS) is 10.4. The van der Waals surface area contributed by atoms with Crippen LogP contribution in [0.4, 0.5) is 4.39 Å². The standard InChI is InChI=1S/C31H33F/c1-3-5-7-9-10-25-12-14-26(15-13-25)16-17-27-18-21-29(22-19-27)30-23-20-28(24-31(30)32)11-8-6-4-2/h3,12-15,18-24H,1,4-11H2,2H3. The van der Waals surface area contributed by atoms with Crippen LogP contribution in [0.1, 0.15) is 67.7 Å². The van der Waals surface area contributed by atoms with Gasteiger partial charge >= 0.3 is 0 Å². The topological polar surface area (TPSA) is 0 Å². The molecule has 0 spiro atoms. The molecule has 32 heavy (non-hydrogen) atoms. The van der Waals surface area contributed by atoms with E-state index >= 15 is 0 Å². The van der Waals surface area contributed by atoms with Gasteiger partial charge < -0.3 is 0 Å². The predicted octanol–water partition coefficient (Wildman–Crippen LogP) is 8.52. The molecule has 0 amide bonds. The Morgan fingerprint density at radius 2 is 1.34 bits per heavy atom. The van der Waals surface area contributed by atoms with E-state index in [1.165, 1.54) is 31.2 Å². The minimum Gasteiger partial charge on any atom is -0.206 e. The fraction of sp³-hybridized carbons (Fsp3) is 0.290. The van der Waals surface area contributed by atoms with Gasteiger partial charge in [0.1, 0.15) is 5.82 Å². The van der Waals surface area contributed by atoms with Gasteiger partial charge in [-0.1, -0.05) is 74.1 Å². The molecule has 0 saturated heterocycles. The van der Waals surface area contributed by atoms with E-state index in [0.29, 0.717) is 5.56 Å². The zero-order valence-corrected chi connectivity index (χ0v) is 19.2. The van der Waals surface area contributed by atoms with Crippen molar-refractivity contribution in [2.24, 2.45) is 0 Å². The molecule has 0 radical (unpaired) electrons. The Balaban J connectivity index is 1.61. The summed E-state index contributed by atoms with van der Waals surface area (Å²) >= 11 is 0. The first-order valence-electron chi connectivity index (χ1n) is 11.8. The van der Waals surface area contributed by atoms with E-state index in [1.807, 2.05) is 42.5 Å². The third kappa shape index (κ3) is 7.24. The van der Waals surface area contributed by atoms with Crippen molar-refractivity contribution in [3.8, 4) is 23.0 Å². The fourth-order valence-electron chi connectivity index (χ4n) is 3.78. The molecular formula is C31H33F. The van der Waals surface area contributed by atoms with Crippen molar-refractivity contribution in [3.05, 3.63) is 107 Å². The third-order valence-electron chi connectivity index (χ3n) is 5.73. The Bertz CT molecular complexity index is 1050. The number of unbranched alkanes of at least 4 members (excludes halogenated alkanes) is 4. The third-order valence-corrected chi connectivity index (χ3v) is 5.73. The lowest BCUT2D eigenvalue weighted by molar-refractivity contribution is 0.626. The van der Waals surface area contributed by atoms with E-state index in [-0.39, 0.29) is 5.82 Å². The molecule has 0 aliphatic heterocycles. The summed E-state index contributed by atoms with van der Waals surface area (Å²) in [6.45, 7) is 5.95. The Labute approximate surface area is 193 Å². The van der Waals surface area contributed by atoms with Crippen molar-refractivity contribution >= 4 is 0 Å². The minimum atomic E-state index is -0.151. The van der Waals surface area contributed by atoms with E-state index in [1.54, 1.807) is 6.07 Å². The molecule has 0 aliphatic rings. The van der Waals surface area contributed by atoms with Crippen LogP contribution in [-0.4, -0.2) is 0 Å². The number of hydrogen-bond donors (Lipinski definition) is 0. The van der Waals surface area contributed by atoms with Gasteiger partial charge in [0.15, 0.2) is 0 Å². The van der Waals surface area contributed by atoms with Crippen molar-refractivity contribution in [1.82, 2.24) is 0 Å². The van der Waals surface area contributed by atoms with Gasteiger partial charge in [0.2, 0.25) is 0 Å². The molecule has 3 rings (SSSR count). The Morgan fingerprint density at radius 1 is 0.750 bits per heavy atom. The summed E-state index contributed by atoms with van der Waals surface area (Å²) < 4.78 is 14.6. The monoisotopic (exact) mass is 424 g/mol. The van der Waals surface area contributed by atoms with Crippen LogP contribution in [0.15, 0.2) is 79.4 Å². The fourth-order valence-corrected chi connectivity index (χ4v) is 3.78.